The van der Waals surface area contributed by atoms with Crippen molar-refractivity contribution in [3.05, 3.63) is 20.5 Å². The zero-order valence-electron chi connectivity index (χ0n) is 10.3. The lowest BCUT2D eigenvalue weighted by molar-refractivity contribution is -0.384. The van der Waals surface area contributed by atoms with Crippen LogP contribution in [0.15, 0.2) is 10.3 Å². The van der Waals surface area contributed by atoms with Crippen molar-refractivity contribution in [1.82, 2.24) is 4.31 Å². The summed E-state index contributed by atoms with van der Waals surface area (Å²) in [6, 6.07) is 0.840. The van der Waals surface area contributed by atoms with E-state index in [-0.39, 0.29) is 15.1 Å². The van der Waals surface area contributed by atoms with Crippen LogP contribution in [0.2, 0.25) is 4.34 Å². The maximum Gasteiger partial charge on any atom is 0.318 e. The zero-order chi connectivity index (χ0) is 15.5. The van der Waals surface area contributed by atoms with Gasteiger partial charge in [-0.3, -0.25) is 14.9 Å². The zero-order valence-corrected chi connectivity index (χ0v) is 12.7. The molecule has 0 saturated heterocycles. The number of aliphatic carboxylic acids is 1. The Morgan fingerprint density at radius 2 is 2.20 bits per heavy atom. The number of hydrogen-bond donors (Lipinski definition) is 1. The standard InChI is InChI=1S/C9H11ClN2O6S2/c1-2-3-11(5-7(13)14)20(17,18)8-4-6(12(15)16)9(10)19-8/h4H,2-3,5H2,1H3,(H,13,14). The van der Waals surface area contributed by atoms with Crippen molar-refractivity contribution < 1.29 is 23.2 Å². The van der Waals surface area contributed by atoms with Crippen LogP contribution in [0.4, 0.5) is 5.69 Å². The minimum Gasteiger partial charge on any atom is -0.480 e. The van der Waals surface area contributed by atoms with Crippen molar-refractivity contribution in [2.75, 3.05) is 13.1 Å². The molecule has 0 unspecified atom stereocenters. The predicted molar refractivity (Wildman–Crippen MR) is 72.7 cm³/mol. The SMILES string of the molecule is CCCN(CC(=O)O)S(=O)(=O)c1cc([N+](=O)[O-])c(Cl)s1. The Kier molecular flexibility index (Phi) is 5.45. The number of hydrogen-bond acceptors (Lipinski definition) is 6. The van der Waals surface area contributed by atoms with Crippen molar-refractivity contribution in [2.45, 2.75) is 17.6 Å². The molecule has 11 heteroatoms. The van der Waals surface area contributed by atoms with Gasteiger partial charge in [0, 0.05) is 12.6 Å². The van der Waals surface area contributed by atoms with Crippen molar-refractivity contribution >= 4 is 44.6 Å². The molecular formula is C9H11ClN2O6S2. The molecule has 0 amide bonds. The molecule has 0 aliphatic carbocycles. The molecule has 0 aliphatic heterocycles. The number of carboxylic acid groups (broad SMARTS) is 1. The lowest BCUT2D eigenvalue weighted by atomic mass is 10.5. The van der Waals surface area contributed by atoms with Gasteiger partial charge in [0.2, 0.25) is 0 Å². The first-order valence-corrected chi connectivity index (χ1v) is 7.99. The Hall–Kier alpha value is -1.23. The van der Waals surface area contributed by atoms with Crippen molar-refractivity contribution in [3.63, 3.8) is 0 Å². The maximum atomic E-state index is 12.2. The van der Waals surface area contributed by atoms with E-state index in [9.17, 15) is 23.3 Å². The number of halogens is 1. The van der Waals surface area contributed by atoms with Crippen LogP contribution >= 0.6 is 22.9 Å². The quantitative estimate of drug-likeness (QED) is 0.596. The molecule has 1 heterocycles. The van der Waals surface area contributed by atoms with E-state index in [1.807, 2.05) is 0 Å². The smallest absolute Gasteiger partial charge is 0.318 e. The van der Waals surface area contributed by atoms with Gasteiger partial charge in [0.25, 0.3) is 15.7 Å². The first-order valence-electron chi connectivity index (χ1n) is 5.35. The van der Waals surface area contributed by atoms with Crippen LogP contribution in [-0.2, 0) is 14.8 Å². The summed E-state index contributed by atoms with van der Waals surface area (Å²) in [5.41, 5.74) is -0.512. The molecule has 0 aliphatic rings. The second-order valence-electron chi connectivity index (χ2n) is 3.71. The Bertz CT molecular complexity index is 626. The van der Waals surface area contributed by atoms with E-state index in [1.165, 1.54) is 0 Å². The van der Waals surface area contributed by atoms with Crippen LogP contribution in [0, 0.1) is 10.1 Å². The Labute approximate surface area is 123 Å². The Morgan fingerprint density at radius 3 is 2.60 bits per heavy atom. The van der Waals surface area contributed by atoms with E-state index in [0.29, 0.717) is 17.8 Å². The molecule has 0 radical (unpaired) electrons. The predicted octanol–water partition coefficient (Wildman–Crippen LogP) is 1.80. The minimum absolute atomic E-state index is 0.00203. The average molecular weight is 343 g/mol. The van der Waals surface area contributed by atoms with Crippen LogP contribution in [-0.4, -0.2) is 41.8 Å². The topological polar surface area (TPSA) is 118 Å². The molecule has 1 aromatic rings. The summed E-state index contributed by atoms with van der Waals surface area (Å²) in [6.07, 6.45) is 0.410. The second-order valence-corrected chi connectivity index (χ2v) is 7.53. The highest BCUT2D eigenvalue weighted by Gasteiger charge is 2.31. The monoisotopic (exact) mass is 342 g/mol. The second kappa shape index (κ2) is 6.48. The molecule has 20 heavy (non-hydrogen) atoms. The van der Waals surface area contributed by atoms with Gasteiger partial charge in [-0.15, -0.1) is 11.3 Å². The van der Waals surface area contributed by atoms with Gasteiger partial charge in [0.05, 0.1) is 4.92 Å². The molecule has 0 aromatic carbocycles. The van der Waals surface area contributed by atoms with E-state index in [0.717, 1.165) is 10.4 Å². The van der Waals surface area contributed by atoms with E-state index in [2.05, 4.69) is 0 Å². The van der Waals surface area contributed by atoms with Crippen molar-refractivity contribution in [1.29, 1.82) is 0 Å². The maximum absolute atomic E-state index is 12.2. The van der Waals surface area contributed by atoms with Gasteiger partial charge < -0.3 is 5.11 Å². The lowest BCUT2D eigenvalue weighted by Crippen LogP contribution is -2.35. The van der Waals surface area contributed by atoms with Gasteiger partial charge in [-0.05, 0) is 6.42 Å². The summed E-state index contributed by atoms with van der Waals surface area (Å²) in [6.45, 7) is 0.978. The number of rotatable bonds is 7. The molecule has 0 atom stereocenters. The highest BCUT2D eigenvalue weighted by atomic mass is 35.5. The van der Waals surface area contributed by atoms with E-state index in [4.69, 9.17) is 16.7 Å². The molecule has 0 fully saturated rings. The Balaban J connectivity index is 3.22. The number of nitro groups is 1. The molecular weight excluding hydrogens is 332 g/mol. The van der Waals surface area contributed by atoms with E-state index < -0.39 is 33.1 Å². The lowest BCUT2D eigenvalue weighted by Gasteiger charge is -2.18. The third kappa shape index (κ3) is 3.66. The number of carbonyl (C=O) groups is 1. The van der Waals surface area contributed by atoms with Gasteiger partial charge in [-0.25, -0.2) is 8.42 Å². The molecule has 0 bridgehead atoms. The molecule has 1 N–H and O–H groups in total. The summed E-state index contributed by atoms with van der Waals surface area (Å²) < 4.78 is 24.6. The van der Waals surface area contributed by atoms with E-state index in [1.54, 1.807) is 6.92 Å². The summed E-state index contributed by atoms with van der Waals surface area (Å²) in [5, 5.41) is 19.4. The first-order chi connectivity index (χ1) is 9.20. The third-order valence-electron chi connectivity index (χ3n) is 2.22. The van der Waals surface area contributed by atoms with Gasteiger partial charge in [0.15, 0.2) is 4.34 Å². The number of carboxylic acids is 1. The van der Waals surface area contributed by atoms with Gasteiger partial charge >= 0.3 is 5.97 Å². The third-order valence-corrected chi connectivity index (χ3v) is 5.85. The fourth-order valence-electron chi connectivity index (χ4n) is 1.40. The van der Waals surface area contributed by atoms with Crippen LogP contribution < -0.4 is 0 Å². The van der Waals surface area contributed by atoms with Gasteiger partial charge in [0.1, 0.15) is 10.8 Å². The fourth-order valence-corrected chi connectivity index (χ4v) is 4.70. The van der Waals surface area contributed by atoms with Crippen LogP contribution in [0.1, 0.15) is 13.3 Å². The molecule has 0 spiro atoms. The van der Waals surface area contributed by atoms with Gasteiger partial charge in [-0.1, -0.05) is 18.5 Å². The summed E-state index contributed by atoms with van der Waals surface area (Å²) in [7, 11) is -4.11. The normalized spacial score (nSPS) is 11.8. The van der Waals surface area contributed by atoms with Crippen molar-refractivity contribution in [3.8, 4) is 0 Å². The number of thiophene rings is 1. The molecule has 0 saturated carbocycles. The largest absolute Gasteiger partial charge is 0.480 e. The minimum atomic E-state index is -4.11. The molecule has 1 aromatic heterocycles. The Morgan fingerprint density at radius 1 is 1.60 bits per heavy atom. The highest BCUT2D eigenvalue weighted by Crippen LogP contribution is 2.37. The first kappa shape index (κ1) is 16.8. The van der Waals surface area contributed by atoms with Crippen LogP contribution in [0.3, 0.4) is 0 Å². The molecule has 112 valence electrons. The summed E-state index contributed by atoms with van der Waals surface area (Å²) >= 11 is 6.14. The van der Waals surface area contributed by atoms with Gasteiger partial charge in [-0.2, -0.15) is 4.31 Å². The van der Waals surface area contributed by atoms with Crippen LogP contribution in [0.5, 0.6) is 0 Å². The number of sulfonamides is 1. The molecule has 1 rings (SSSR count). The van der Waals surface area contributed by atoms with Crippen LogP contribution in [0.25, 0.3) is 0 Å². The highest BCUT2D eigenvalue weighted by molar-refractivity contribution is 7.91. The summed E-state index contributed by atoms with van der Waals surface area (Å²) in [4.78, 5) is 20.6. The average Bonchev–Trinajstić information content (AvgIpc) is 2.71. The summed E-state index contributed by atoms with van der Waals surface area (Å²) in [5.74, 6) is -1.31. The van der Waals surface area contributed by atoms with Crippen molar-refractivity contribution in [2.24, 2.45) is 0 Å². The number of nitrogens with zero attached hydrogens (tertiary/aromatic N) is 2. The molecule has 8 nitrogen and oxygen atoms in total. The fraction of sp³-hybridized carbons (Fsp3) is 0.444. The van der Waals surface area contributed by atoms with E-state index >= 15 is 0 Å².